The number of carbonyl (C=O) groups excluding carboxylic acids is 2. The van der Waals surface area contributed by atoms with Crippen LogP contribution in [0.5, 0.6) is 0 Å². The second kappa shape index (κ2) is 20.2. The highest BCUT2D eigenvalue weighted by atomic mass is 32.4. The number of carbonyl (C=O) groups is 2. The van der Waals surface area contributed by atoms with Crippen molar-refractivity contribution in [2.24, 2.45) is 18.9 Å². The summed E-state index contributed by atoms with van der Waals surface area (Å²) in [5.41, 5.74) is 7.38. The summed E-state index contributed by atoms with van der Waals surface area (Å²) in [6.07, 6.45) is 5.05. The van der Waals surface area contributed by atoms with Gasteiger partial charge in [-0.2, -0.15) is 16.3 Å². The molecule has 0 atom stereocenters. The normalized spacial score (nSPS) is 15.5. The SMILES string of the molecule is CC(C)[Si](Sc1cccc(NC(=O)C2CCOCC2)c1)(C(C)C)C(C)C.Cc1cc(Sc2cccc(NC(=O)C3CCOCC3)c2)ccc1-c1ccnn1C. The minimum absolute atomic E-state index is 0.0438. The Hall–Kier alpha value is -3.35. The molecule has 8 nitrogen and oxygen atoms in total. The highest BCUT2D eigenvalue weighted by molar-refractivity contribution is 8.29. The highest BCUT2D eigenvalue weighted by Gasteiger charge is 2.44. The fraction of sp³-hybridized carbons (Fsp3) is 0.477. The number of hydrogen-bond donors (Lipinski definition) is 2. The monoisotopic (exact) mass is 800 g/mol. The number of hydrogen-bond acceptors (Lipinski definition) is 7. The molecule has 4 aromatic rings. The minimum atomic E-state index is -1.58. The molecule has 3 heterocycles. The molecule has 11 heteroatoms. The molecule has 2 fully saturated rings. The summed E-state index contributed by atoms with van der Waals surface area (Å²) in [6.45, 7) is 19.2. The van der Waals surface area contributed by atoms with Gasteiger partial charge in [0.15, 0.2) is 0 Å². The summed E-state index contributed by atoms with van der Waals surface area (Å²) in [4.78, 5) is 28.6. The van der Waals surface area contributed by atoms with Crippen molar-refractivity contribution in [3.63, 3.8) is 0 Å². The van der Waals surface area contributed by atoms with Gasteiger partial charge in [0.2, 0.25) is 11.8 Å². The van der Waals surface area contributed by atoms with E-state index >= 15 is 0 Å². The molecule has 1 aromatic heterocycles. The van der Waals surface area contributed by atoms with E-state index in [0.717, 1.165) is 47.6 Å². The van der Waals surface area contributed by atoms with Crippen LogP contribution >= 0.6 is 23.0 Å². The van der Waals surface area contributed by atoms with Crippen LogP contribution < -0.4 is 10.6 Å². The maximum atomic E-state index is 12.5. The summed E-state index contributed by atoms with van der Waals surface area (Å²) < 4.78 is 12.6. The summed E-state index contributed by atoms with van der Waals surface area (Å²) in [7, 11) is 0.380. The van der Waals surface area contributed by atoms with Crippen LogP contribution in [0.1, 0.15) is 72.8 Å². The standard InChI is InChI=1S/C23H25N3O2S.C21H35NO2SSi/c1-16-14-20(6-7-21(16)22-8-11-24-26(22)2)29-19-5-3-4-18(15-19)25-23(27)17-9-12-28-13-10-17;1-15(2)26(16(3)4,17(5)6)25-20-9-7-8-19(14-20)22-21(23)18-10-12-24-13-11-18/h3-8,11,14-15,17H,9-10,12-13H2,1-2H3,(H,25,27);7-9,14-18H,10-13H2,1-6H3,(H,22,23). The Morgan fingerprint density at radius 3 is 1.67 bits per heavy atom. The molecule has 0 unspecified atom stereocenters. The van der Waals surface area contributed by atoms with Gasteiger partial charge in [-0.05, 0) is 109 Å². The third-order valence-corrected chi connectivity index (χ3v) is 24.2. The second-order valence-electron chi connectivity index (χ2n) is 15.6. The molecule has 2 aliphatic rings. The van der Waals surface area contributed by atoms with Crippen LogP contribution in [0.15, 0.2) is 93.7 Å². The quantitative estimate of drug-likeness (QED) is 0.138. The zero-order chi connectivity index (χ0) is 39.5. The Kier molecular flexibility index (Phi) is 15.7. The average Bonchev–Trinajstić information content (AvgIpc) is 3.60. The van der Waals surface area contributed by atoms with Crippen LogP contribution in [-0.2, 0) is 26.1 Å². The van der Waals surface area contributed by atoms with E-state index in [1.807, 2.05) is 48.3 Å². The van der Waals surface area contributed by atoms with Gasteiger partial charge < -0.3 is 20.1 Å². The molecule has 296 valence electrons. The first-order valence-electron chi connectivity index (χ1n) is 19.8. The van der Waals surface area contributed by atoms with Gasteiger partial charge in [0, 0.05) is 83.1 Å². The van der Waals surface area contributed by atoms with E-state index in [1.54, 1.807) is 11.8 Å². The van der Waals surface area contributed by atoms with Gasteiger partial charge in [0.1, 0.15) is 7.22 Å². The van der Waals surface area contributed by atoms with Crippen LogP contribution in [0.2, 0.25) is 16.6 Å². The van der Waals surface area contributed by atoms with Crippen molar-refractivity contribution in [1.82, 2.24) is 9.78 Å². The first-order valence-corrected chi connectivity index (χ1v) is 24.4. The minimum Gasteiger partial charge on any atom is -0.381 e. The zero-order valence-electron chi connectivity index (χ0n) is 33.9. The van der Waals surface area contributed by atoms with Crippen LogP contribution in [0, 0.1) is 18.8 Å². The van der Waals surface area contributed by atoms with E-state index in [0.29, 0.717) is 43.1 Å². The van der Waals surface area contributed by atoms with E-state index in [9.17, 15) is 9.59 Å². The number of aryl methyl sites for hydroxylation is 2. The van der Waals surface area contributed by atoms with Crippen molar-refractivity contribution in [3.8, 4) is 11.3 Å². The molecule has 2 amide bonds. The van der Waals surface area contributed by atoms with Gasteiger partial charge in [-0.15, -0.1) is 0 Å². The van der Waals surface area contributed by atoms with Gasteiger partial charge in [-0.25, -0.2) is 0 Å². The molecular weight excluding hydrogens is 741 g/mol. The lowest BCUT2D eigenvalue weighted by Crippen LogP contribution is -2.40. The highest BCUT2D eigenvalue weighted by Crippen LogP contribution is 2.52. The van der Waals surface area contributed by atoms with E-state index < -0.39 is 7.22 Å². The Balaban J connectivity index is 0.000000213. The Morgan fingerprint density at radius 2 is 1.20 bits per heavy atom. The zero-order valence-corrected chi connectivity index (χ0v) is 36.5. The van der Waals surface area contributed by atoms with Crippen LogP contribution in [0.4, 0.5) is 11.4 Å². The lowest BCUT2D eigenvalue weighted by atomic mass is 9.99. The van der Waals surface area contributed by atoms with Crippen molar-refractivity contribution in [2.45, 2.75) is 105 Å². The lowest BCUT2D eigenvalue weighted by molar-refractivity contribution is -0.123. The number of nitrogens with one attached hydrogen (secondary N) is 2. The molecule has 2 aliphatic heterocycles. The van der Waals surface area contributed by atoms with E-state index in [2.05, 4.69) is 118 Å². The predicted octanol–water partition coefficient (Wildman–Crippen LogP) is 11.2. The van der Waals surface area contributed by atoms with Crippen LogP contribution in [0.3, 0.4) is 0 Å². The van der Waals surface area contributed by atoms with Gasteiger partial charge in [-0.3, -0.25) is 14.3 Å². The fourth-order valence-electron chi connectivity index (χ4n) is 8.00. The largest absolute Gasteiger partial charge is 0.381 e. The number of nitrogens with zero attached hydrogens (tertiary/aromatic N) is 2. The molecule has 6 rings (SSSR count). The molecule has 2 saturated heterocycles. The summed E-state index contributed by atoms with van der Waals surface area (Å²) in [5, 5.41) is 10.5. The number of aromatic nitrogens is 2. The maximum Gasteiger partial charge on any atom is 0.227 e. The molecule has 0 radical (unpaired) electrons. The summed E-state index contributed by atoms with van der Waals surface area (Å²) in [6, 6.07) is 25.0. The lowest BCUT2D eigenvalue weighted by Gasteiger charge is -2.42. The summed E-state index contributed by atoms with van der Waals surface area (Å²) >= 11 is 3.80. The van der Waals surface area contributed by atoms with E-state index in [-0.39, 0.29) is 23.7 Å². The third kappa shape index (κ3) is 11.4. The molecule has 2 N–H and O–H groups in total. The maximum absolute atomic E-state index is 12.5. The Bertz CT molecular complexity index is 1850. The number of benzene rings is 3. The van der Waals surface area contributed by atoms with Gasteiger partial charge in [0.05, 0.1) is 5.69 Å². The average molecular weight is 801 g/mol. The van der Waals surface area contributed by atoms with E-state index in [1.165, 1.54) is 20.9 Å². The first kappa shape index (κ1) is 42.8. The second-order valence-corrected chi connectivity index (χ2v) is 25.4. The first-order chi connectivity index (χ1) is 26.4. The smallest absolute Gasteiger partial charge is 0.227 e. The molecule has 0 saturated carbocycles. The van der Waals surface area contributed by atoms with Gasteiger partial charge in [0.25, 0.3) is 0 Å². The predicted molar refractivity (Wildman–Crippen MR) is 232 cm³/mol. The van der Waals surface area contributed by atoms with Crippen molar-refractivity contribution in [3.05, 3.63) is 84.6 Å². The molecule has 3 aromatic carbocycles. The van der Waals surface area contributed by atoms with Crippen molar-refractivity contribution < 1.29 is 19.1 Å². The fourth-order valence-corrected chi connectivity index (χ4v) is 18.2. The third-order valence-electron chi connectivity index (χ3n) is 10.9. The molecule has 0 spiro atoms. The summed E-state index contributed by atoms with van der Waals surface area (Å²) in [5.74, 6) is 0.347. The Labute approximate surface area is 338 Å². The molecular formula is C44H60N4O4S2Si. The van der Waals surface area contributed by atoms with Crippen LogP contribution in [-0.4, -0.2) is 55.2 Å². The number of anilines is 2. The van der Waals surface area contributed by atoms with Crippen molar-refractivity contribution >= 4 is 53.4 Å². The number of rotatable bonds is 12. The van der Waals surface area contributed by atoms with Crippen molar-refractivity contribution in [2.75, 3.05) is 37.1 Å². The topological polar surface area (TPSA) is 94.5 Å². The molecule has 55 heavy (non-hydrogen) atoms. The van der Waals surface area contributed by atoms with Crippen LogP contribution in [0.25, 0.3) is 11.3 Å². The van der Waals surface area contributed by atoms with Crippen molar-refractivity contribution in [1.29, 1.82) is 0 Å². The molecule has 0 bridgehead atoms. The van der Waals surface area contributed by atoms with E-state index in [4.69, 9.17) is 9.47 Å². The number of ether oxygens (including phenoxy) is 2. The number of amides is 2. The Morgan fingerprint density at radius 1 is 0.709 bits per heavy atom. The van der Waals surface area contributed by atoms with Gasteiger partial charge >= 0.3 is 0 Å². The van der Waals surface area contributed by atoms with Gasteiger partial charge in [-0.1, -0.05) is 71.5 Å². The molecule has 0 aliphatic carbocycles.